The van der Waals surface area contributed by atoms with Crippen molar-refractivity contribution in [2.75, 3.05) is 23.4 Å². The summed E-state index contributed by atoms with van der Waals surface area (Å²) in [6.07, 6.45) is 0.186. The molecule has 7 nitrogen and oxygen atoms in total. The number of hydrogen-bond acceptors (Lipinski definition) is 5. The molecule has 5 aromatic carbocycles. The van der Waals surface area contributed by atoms with E-state index in [1.807, 2.05) is 60.7 Å². The number of ether oxygens (including phenoxy) is 1. The average Bonchev–Trinajstić information content (AvgIpc) is 3.07. The fourth-order valence-corrected chi connectivity index (χ4v) is 5.16. The van der Waals surface area contributed by atoms with Gasteiger partial charge in [0, 0.05) is 34.2 Å². The van der Waals surface area contributed by atoms with E-state index in [9.17, 15) is 19.5 Å². The number of fused-ring (bicyclic) bond motifs is 1. The van der Waals surface area contributed by atoms with Gasteiger partial charge in [0.25, 0.3) is 5.91 Å². The number of hydrogen-bond donors (Lipinski definition) is 2. The number of carbonyl (C=O) groups excluding carboxylic acids is 2. The van der Waals surface area contributed by atoms with Gasteiger partial charge >= 0.3 is 5.97 Å². The number of carbonyl (C=O) groups is 3. The number of carboxylic acids is 1. The lowest BCUT2D eigenvalue weighted by atomic mass is 10.00. The fourth-order valence-electron chi connectivity index (χ4n) is 5.16. The highest BCUT2D eigenvalue weighted by Gasteiger charge is 2.22. The van der Waals surface area contributed by atoms with Crippen molar-refractivity contribution >= 4 is 39.8 Å². The minimum Gasteiger partial charge on any atom is -0.492 e. The Bertz CT molecular complexity index is 1830. The Kier molecular flexibility index (Phi) is 9.70. The first kappa shape index (κ1) is 30.8. The van der Waals surface area contributed by atoms with Gasteiger partial charge in [0.15, 0.2) is 5.78 Å². The molecule has 1 unspecified atom stereocenters. The Labute approximate surface area is 262 Å². The second-order valence-electron chi connectivity index (χ2n) is 10.7. The van der Waals surface area contributed by atoms with Crippen LogP contribution >= 0.6 is 0 Å². The first-order valence-corrected chi connectivity index (χ1v) is 14.7. The molecule has 5 aromatic rings. The number of carboxylic acid groups (broad SMARTS) is 1. The second-order valence-corrected chi connectivity index (χ2v) is 10.7. The molecule has 1 atom stereocenters. The highest BCUT2D eigenvalue weighted by atomic mass is 16.5. The summed E-state index contributed by atoms with van der Waals surface area (Å²) in [5, 5.41) is 15.1. The van der Waals surface area contributed by atoms with E-state index in [1.54, 1.807) is 72.5 Å². The van der Waals surface area contributed by atoms with Crippen LogP contribution in [0.4, 0.5) is 11.4 Å². The molecule has 0 aromatic heterocycles. The average molecular weight is 599 g/mol. The molecule has 0 heterocycles. The summed E-state index contributed by atoms with van der Waals surface area (Å²) in [5.74, 6) is -0.802. The van der Waals surface area contributed by atoms with E-state index >= 15 is 0 Å². The number of aliphatic carboxylic acids is 1. The molecule has 0 fully saturated rings. The highest BCUT2D eigenvalue weighted by Crippen LogP contribution is 2.28. The standard InChI is InChI=1S/C38H34N2O5/c1-26(2)37(42)40(35-18-10-14-28-11-6-7-15-31(28)35)23-24-45-30-21-19-27(20-22-30)25-34(38(43)44)39-33-17-9-8-16-32(33)36(41)29-12-4-3-5-13-29/h3-22,34,39H,1,23-25H2,2H3,(H,43,44). The Morgan fingerprint density at radius 3 is 2.22 bits per heavy atom. The summed E-state index contributed by atoms with van der Waals surface area (Å²) >= 11 is 0. The van der Waals surface area contributed by atoms with Crippen LogP contribution < -0.4 is 15.0 Å². The fraction of sp³-hybridized carbons (Fsp3) is 0.132. The summed E-state index contributed by atoms with van der Waals surface area (Å²) in [6, 6.07) is 35.8. The number of anilines is 2. The molecule has 0 spiro atoms. The highest BCUT2D eigenvalue weighted by molar-refractivity contribution is 6.12. The monoisotopic (exact) mass is 598 g/mol. The first-order valence-electron chi connectivity index (χ1n) is 14.7. The molecule has 0 aliphatic carbocycles. The molecule has 45 heavy (non-hydrogen) atoms. The number of nitrogens with zero attached hydrogens (tertiary/aromatic N) is 1. The van der Waals surface area contributed by atoms with E-state index in [0.717, 1.165) is 22.0 Å². The second kappa shape index (κ2) is 14.2. The maximum atomic E-state index is 13.1. The molecule has 2 N–H and O–H groups in total. The minimum atomic E-state index is -1.03. The molecule has 7 heteroatoms. The van der Waals surface area contributed by atoms with Crippen molar-refractivity contribution in [2.24, 2.45) is 0 Å². The van der Waals surface area contributed by atoms with E-state index in [4.69, 9.17) is 4.74 Å². The maximum Gasteiger partial charge on any atom is 0.326 e. The molecular formula is C38H34N2O5. The zero-order chi connectivity index (χ0) is 31.8. The van der Waals surface area contributed by atoms with Gasteiger partial charge in [0.1, 0.15) is 18.4 Å². The van der Waals surface area contributed by atoms with Crippen LogP contribution in [0.5, 0.6) is 5.75 Å². The SMILES string of the molecule is C=C(C)C(=O)N(CCOc1ccc(CC(Nc2ccccc2C(=O)c2ccccc2)C(=O)O)cc1)c1cccc2ccccc12. The topological polar surface area (TPSA) is 95.9 Å². The van der Waals surface area contributed by atoms with Crippen LogP contribution in [0.1, 0.15) is 28.4 Å². The van der Waals surface area contributed by atoms with E-state index in [2.05, 4.69) is 11.9 Å². The Morgan fingerprint density at radius 1 is 0.822 bits per heavy atom. The third kappa shape index (κ3) is 7.46. The van der Waals surface area contributed by atoms with Gasteiger partial charge in [-0.25, -0.2) is 4.79 Å². The smallest absolute Gasteiger partial charge is 0.326 e. The third-order valence-electron chi connectivity index (χ3n) is 7.45. The summed E-state index contributed by atoms with van der Waals surface area (Å²) in [5.41, 5.74) is 3.39. The van der Waals surface area contributed by atoms with Crippen molar-refractivity contribution in [1.29, 1.82) is 0 Å². The van der Waals surface area contributed by atoms with Crippen LogP contribution in [0.15, 0.2) is 133 Å². The predicted molar refractivity (Wildman–Crippen MR) is 178 cm³/mol. The van der Waals surface area contributed by atoms with Crippen LogP contribution in [-0.4, -0.2) is 42.0 Å². The van der Waals surface area contributed by atoms with E-state index in [-0.39, 0.29) is 24.7 Å². The van der Waals surface area contributed by atoms with Crippen LogP contribution in [0.25, 0.3) is 10.8 Å². The van der Waals surface area contributed by atoms with E-state index in [0.29, 0.717) is 34.7 Å². The van der Waals surface area contributed by atoms with Gasteiger partial charge in [-0.2, -0.15) is 0 Å². The maximum absolute atomic E-state index is 13.1. The zero-order valence-electron chi connectivity index (χ0n) is 25.0. The van der Waals surface area contributed by atoms with Crippen LogP contribution in [0.2, 0.25) is 0 Å². The normalized spacial score (nSPS) is 11.4. The Morgan fingerprint density at radius 2 is 1.49 bits per heavy atom. The molecule has 5 rings (SSSR count). The molecule has 0 aliphatic heterocycles. The van der Waals surface area contributed by atoms with Crippen molar-refractivity contribution in [3.05, 3.63) is 150 Å². The number of benzene rings is 5. The summed E-state index contributed by atoms with van der Waals surface area (Å²) in [6.45, 7) is 6.10. The van der Waals surface area contributed by atoms with Crippen molar-refractivity contribution in [1.82, 2.24) is 0 Å². The van der Waals surface area contributed by atoms with Gasteiger partial charge in [-0.1, -0.05) is 97.6 Å². The molecule has 0 saturated heterocycles. The molecule has 0 aliphatic rings. The van der Waals surface area contributed by atoms with Crippen LogP contribution in [0.3, 0.4) is 0 Å². The lowest BCUT2D eigenvalue weighted by Crippen LogP contribution is -2.35. The Hall–Kier alpha value is -5.69. The quantitative estimate of drug-likeness (QED) is 0.110. The molecule has 0 radical (unpaired) electrons. The summed E-state index contributed by atoms with van der Waals surface area (Å²) in [4.78, 5) is 40.1. The largest absolute Gasteiger partial charge is 0.492 e. The molecule has 0 bridgehead atoms. The van der Waals surface area contributed by atoms with Gasteiger partial charge in [0.05, 0.1) is 12.2 Å². The zero-order valence-corrected chi connectivity index (χ0v) is 25.0. The number of para-hydroxylation sites is 1. The lowest BCUT2D eigenvalue weighted by molar-refractivity contribution is -0.137. The van der Waals surface area contributed by atoms with Crippen LogP contribution in [0, 0.1) is 0 Å². The molecule has 226 valence electrons. The lowest BCUT2D eigenvalue weighted by Gasteiger charge is -2.24. The van der Waals surface area contributed by atoms with Crippen molar-refractivity contribution in [2.45, 2.75) is 19.4 Å². The number of amides is 1. The van der Waals surface area contributed by atoms with E-state index in [1.165, 1.54) is 0 Å². The summed E-state index contributed by atoms with van der Waals surface area (Å²) in [7, 11) is 0. The molecular weight excluding hydrogens is 564 g/mol. The van der Waals surface area contributed by atoms with Gasteiger partial charge in [0.2, 0.25) is 0 Å². The number of nitrogens with one attached hydrogen (secondary N) is 1. The van der Waals surface area contributed by atoms with Gasteiger partial charge in [-0.15, -0.1) is 0 Å². The van der Waals surface area contributed by atoms with Crippen molar-refractivity contribution in [3.8, 4) is 5.75 Å². The van der Waals surface area contributed by atoms with Gasteiger partial charge in [-0.3, -0.25) is 9.59 Å². The van der Waals surface area contributed by atoms with Crippen molar-refractivity contribution < 1.29 is 24.2 Å². The van der Waals surface area contributed by atoms with Gasteiger partial charge in [-0.05, 0) is 48.2 Å². The predicted octanol–water partition coefficient (Wildman–Crippen LogP) is 7.17. The van der Waals surface area contributed by atoms with E-state index < -0.39 is 12.0 Å². The first-order chi connectivity index (χ1) is 21.8. The summed E-state index contributed by atoms with van der Waals surface area (Å²) < 4.78 is 5.99. The third-order valence-corrected chi connectivity index (χ3v) is 7.45. The van der Waals surface area contributed by atoms with Crippen molar-refractivity contribution in [3.63, 3.8) is 0 Å². The van der Waals surface area contributed by atoms with Crippen LogP contribution in [-0.2, 0) is 16.0 Å². The van der Waals surface area contributed by atoms with Gasteiger partial charge < -0.3 is 20.1 Å². The minimum absolute atomic E-state index is 0.176. The number of ketones is 1. The molecule has 1 amide bonds. The number of rotatable bonds is 13. The molecule has 0 saturated carbocycles. The Balaban J connectivity index is 1.24.